The van der Waals surface area contributed by atoms with E-state index in [0.29, 0.717) is 0 Å². The van der Waals surface area contributed by atoms with Crippen molar-refractivity contribution in [2.75, 3.05) is 6.54 Å². The molecule has 2 nitrogen and oxygen atoms in total. The second-order valence-corrected chi connectivity index (χ2v) is 8.38. The summed E-state index contributed by atoms with van der Waals surface area (Å²) in [6.45, 7) is 10.3. The smallest absolute Gasteiger partial charge is 0.0794 e. The largest absolute Gasteiger partial charge is 0.312 e. The molecule has 1 fully saturated rings. The number of nitrogens with one attached hydrogen (secondary N) is 1. The molecule has 0 bridgehead atoms. The normalized spacial score (nSPS) is 27.7. The summed E-state index contributed by atoms with van der Waals surface area (Å²) in [5.74, 6) is 2.61. The molecule has 3 heteroatoms. The molecule has 20 heavy (non-hydrogen) atoms. The molecule has 3 unspecified atom stereocenters. The predicted octanol–water partition coefficient (Wildman–Crippen LogP) is 4.52. The minimum Gasteiger partial charge on any atom is -0.312 e. The Morgan fingerprint density at radius 3 is 2.70 bits per heavy atom. The van der Waals surface area contributed by atoms with Crippen molar-refractivity contribution >= 4 is 11.3 Å². The van der Waals surface area contributed by atoms with E-state index in [1.54, 1.807) is 0 Å². The van der Waals surface area contributed by atoms with Crippen LogP contribution in [0.5, 0.6) is 0 Å². The third-order valence-corrected chi connectivity index (χ3v) is 5.47. The van der Waals surface area contributed by atoms with Gasteiger partial charge < -0.3 is 5.32 Å². The molecule has 0 saturated heterocycles. The molecule has 0 aliphatic heterocycles. The lowest BCUT2D eigenvalue weighted by Gasteiger charge is -2.37. The Hall–Kier alpha value is -0.410. The minimum absolute atomic E-state index is 0.233. The van der Waals surface area contributed by atoms with E-state index in [9.17, 15) is 0 Å². The van der Waals surface area contributed by atoms with Gasteiger partial charge in [0.05, 0.1) is 5.51 Å². The summed E-state index contributed by atoms with van der Waals surface area (Å²) < 4.78 is 0. The van der Waals surface area contributed by atoms with E-state index in [0.717, 1.165) is 17.8 Å². The van der Waals surface area contributed by atoms with Crippen LogP contribution in [0.4, 0.5) is 0 Å². The predicted molar refractivity (Wildman–Crippen MR) is 88.2 cm³/mol. The fourth-order valence-electron chi connectivity index (χ4n) is 3.35. The average molecular weight is 295 g/mol. The number of hydrogen-bond acceptors (Lipinski definition) is 3. The van der Waals surface area contributed by atoms with E-state index in [2.05, 4.69) is 44.2 Å². The van der Waals surface area contributed by atoms with E-state index in [1.807, 2.05) is 16.8 Å². The molecular formula is C17H30N2S. The van der Waals surface area contributed by atoms with Gasteiger partial charge in [0.15, 0.2) is 0 Å². The van der Waals surface area contributed by atoms with Crippen molar-refractivity contribution in [3.05, 3.63) is 16.6 Å². The fourth-order valence-corrected chi connectivity index (χ4v) is 4.04. The van der Waals surface area contributed by atoms with Crippen LogP contribution in [0.2, 0.25) is 0 Å². The molecule has 3 atom stereocenters. The Labute approximate surface area is 128 Å². The standard InChI is InChI=1S/C17H30N2S/c1-5-13-6-7-14(10-19-17(2,3)4)15(8-13)9-16-11-18-12-20-16/h11-15,19H,5-10H2,1-4H3. The Kier molecular flexibility index (Phi) is 5.62. The van der Waals surface area contributed by atoms with Crippen LogP contribution in [0, 0.1) is 17.8 Å². The molecule has 2 rings (SSSR count). The zero-order valence-electron chi connectivity index (χ0n) is 13.5. The van der Waals surface area contributed by atoms with Gasteiger partial charge in [0.2, 0.25) is 0 Å². The zero-order valence-corrected chi connectivity index (χ0v) is 14.3. The molecule has 1 aromatic rings. The van der Waals surface area contributed by atoms with Gasteiger partial charge in [0.1, 0.15) is 0 Å². The lowest BCUT2D eigenvalue weighted by Crippen LogP contribution is -2.42. The highest BCUT2D eigenvalue weighted by Gasteiger charge is 2.30. The number of hydrogen-bond donors (Lipinski definition) is 1. The Morgan fingerprint density at radius 1 is 1.30 bits per heavy atom. The van der Waals surface area contributed by atoms with Gasteiger partial charge in [-0.3, -0.25) is 4.98 Å². The van der Waals surface area contributed by atoms with Crippen LogP contribution in [-0.2, 0) is 6.42 Å². The number of rotatable bonds is 5. The van der Waals surface area contributed by atoms with Crippen LogP contribution in [0.3, 0.4) is 0 Å². The van der Waals surface area contributed by atoms with Gasteiger partial charge in [-0.15, -0.1) is 11.3 Å². The number of nitrogens with zero attached hydrogens (tertiary/aromatic N) is 1. The zero-order chi connectivity index (χ0) is 14.6. The van der Waals surface area contributed by atoms with Crippen LogP contribution < -0.4 is 5.32 Å². The van der Waals surface area contributed by atoms with Crippen LogP contribution >= 0.6 is 11.3 Å². The van der Waals surface area contributed by atoms with Crippen molar-refractivity contribution in [3.8, 4) is 0 Å². The van der Waals surface area contributed by atoms with E-state index in [4.69, 9.17) is 0 Å². The third-order valence-electron chi connectivity index (χ3n) is 4.67. The van der Waals surface area contributed by atoms with Gasteiger partial charge in [0, 0.05) is 16.6 Å². The summed E-state index contributed by atoms with van der Waals surface area (Å²) in [4.78, 5) is 5.71. The quantitative estimate of drug-likeness (QED) is 0.864. The summed E-state index contributed by atoms with van der Waals surface area (Å²) >= 11 is 1.82. The first-order chi connectivity index (χ1) is 9.48. The van der Waals surface area contributed by atoms with Crippen LogP contribution in [0.25, 0.3) is 0 Å². The summed E-state index contributed by atoms with van der Waals surface area (Å²) in [6.07, 6.45) is 8.87. The second-order valence-electron chi connectivity index (χ2n) is 7.41. The number of aromatic nitrogens is 1. The van der Waals surface area contributed by atoms with Crippen molar-refractivity contribution in [1.29, 1.82) is 0 Å². The second kappa shape index (κ2) is 7.04. The van der Waals surface area contributed by atoms with Gasteiger partial charge in [0.25, 0.3) is 0 Å². The van der Waals surface area contributed by atoms with Crippen LogP contribution in [0.1, 0.15) is 58.3 Å². The molecule has 1 aromatic heterocycles. The SMILES string of the molecule is CCC1CCC(CNC(C)(C)C)C(Cc2cncs2)C1. The first-order valence-electron chi connectivity index (χ1n) is 8.10. The van der Waals surface area contributed by atoms with Crippen LogP contribution in [-0.4, -0.2) is 17.1 Å². The summed E-state index contributed by atoms with van der Waals surface area (Å²) in [6, 6.07) is 0. The van der Waals surface area contributed by atoms with E-state index >= 15 is 0 Å². The topological polar surface area (TPSA) is 24.9 Å². The molecule has 1 heterocycles. The lowest BCUT2D eigenvalue weighted by molar-refractivity contribution is 0.163. The monoisotopic (exact) mass is 294 g/mol. The maximum Gasteiger partial charge on any atom is 0.0794 e. The van der Waals surface area contributed by atoms with Gasteiger partial charge in [-0.1, -0.05) is 19.8 Å². The van der Waals surface area contributed by atoms with Gasteiger partial charge in [-0.05, 0) is 64.3 Å². The number of thiazole rings is 1. The first kappa shape index (κ1) is 16.0. The Morgan fingerprint density at radius 2 is 2.10 bits per heavy atom. The van der Waals surface area contributed by atoms with Gasteiger partial charge in [-0.2, -0.15) is 0 Å². The average Bonchev–Trinajstić information content (AvgIpc) is 2.89. The van der Waals surface area contributed by atoms with Crippen LogP contribution in [0.15, 0.2) is 11.7 Å². The molecule has 1 N–H and O–H groups in total. The van der Waals surface area contributed by atoms with E-state index in [1.165, 1.54) is 43.5 Å². The Bertz CT molecular complexity index is 380. The molecule has 114 valence electrons. The molecule has 0 radical (unpaired) electrons. The summed E-state index contributed by atoms with van der Waals surface area (Å²) in [5.41, 5.74) is 2.20. The summed E-state index contributed by atoms with van der Waals surface area (Å²) in [5, 5.41) is 3.72. The minimum atomic E-state index is 0.233. The van der Waals surface area contributed by atoms with E-state index in [-0.39, 0.29) is 5.54 Å². The van der Waals surface area contributed by atoms with Crippen molar-refractivity contribution in [3.63, 3.8) is 0 Å². The highest BCUT2D eigenvalue weighted by atomic mass is 32.1. The van der Waals surface area contributed by atoms with Gasteiger partial charge in [-0.25, -0.2) is 0 Å². The fraction of sp³-hybridized carbons (Fsp3) is 0.824. The van der Waals surface area contributed by atoms with Crippen molar-refractivity contribution in [2.24, 2.45) is 17.8 Å². The van der Waals surface area contributed by atoms with Crippen molar-refractivity contribution in [2.45, 2.75) is 65.3 Å². The maximum absolute atomic E-state index is 4.24. The maximum atomic E-state index is 4.24. The molecule has 1 aliphatic carbocycles. The van der Waals surface area contributed by atoms with Crippen molar-refractivity contribution < 1.29 is 0 Å². The van der Waals surface area contributed by atoms with Gasteiger partial charge >= 0.3 is 0 Å². The third kappa shape index (κ3) is 4.85. The molecule has 1 saturated carbocycles. The highest BCUT2D eigenvalue weighted by Crippen LogP contribution is 2.37. The molecule has 0 amide bonds. The first-order valence-corrected chi connectivity index (χ1v) is 8.98. The molecule has 0 spiro atoms. The Balaban J connectivity index is 1.96. The highest BCUT2D eigenvalue weighted by molar-refractivity contribution is 7.09. The lowest BCUT2D eigenvalue weighted by atomic mass is 9.71. The molecular weight excluding hydrogens is 264 g/mol. The molecule has 1 aliphatic rings. The van der Waals surface area contributed by atoms with Crippen molar-refractivity contribution in [1.82, 2.24) is 10.3 Å². The van der Waals surface area contributed by atoms with E-state index < -0.39 is 0 Å². The molecule has 0 aromatic carbocycles. The summed E-state index contributed by atoms with van der Waals surface area (Å²) in [7, 11) is 0.